The highest BCUT2D eigenvalue weighted by Crippen LogP contribution is 2.44. The van der Waals surface area contributed by atoms with Crippen LogP contribution in [-0.2, 0) is 6.18 Å². The van der Waals surface area contributed by atoms with Gasteiger partial charge < -0.3 is 5.73 Å². The number of hydrogen-bond acceptors (Lipinski definition) is 4. The first kappa shape index (κ1) is 21.9. The van der Waals surface area contributed by atoms with E-state index < -0.39 is 17.5 Å². The van der Waals surface area contributed by atoms with Crippen molar-refractivity contribution in [3.05, 3.63) is 107 Å². The van der Waals surface area contributed by atoms with Gasteiger partial charge in [-0.3, -0.25) is 4.79 Å². The molecule has 5 rings (SSSR count). The number of halogens is 3. The fraction of sp³-hybridized carbons (Fsp3) is 0.0370. The Balaban J connectivity index is 1.60. The van der Waals surface area contributed by atoms with E-state index in [1.165, 1.54) is 0 Å². The molecule has 0 bridgehead atoms. The van der Waals surface area contributed by atoms with Gasteiger partial charge in [0.15, 0.2) is 0 Å². The normalized spacial score (nSPS) is 11.6. The van der Waals surface area contributed by atoms with Crippen molar-refractivity contribution in [2.45, 2.75) is 6.18 Å². The number of hydrogen-bond donors (Lipinski definition) is 1. The standard InChI is InChI=1S/C27H17F3N2OS/c28-27(29,30)20-15-21(18-9-5-2-6-10-18)32-26-22(20)23(31)25(34-26)24(33)19-13-11-17(12-14-19)16-7-3-1-4-8-16/h1-15H,31H2. The lowest BCUT2D eigenvalue weighted by molar-refractivity contribution is -0.136. The van der Waals surface area contributed by atoms with Crippen LogP contribution in [0.4, 0.5) is 18.9 Å². The van der Waals surface area contributed by atoms with Crippen LogP contribution in [0, 0.1) is 0 Å². The molecular formula is C27H17F3N2OS. The molecule has 0 unspecified atom stereocenters. The number of nitrogens with zero attached hydrogens (tertiary/aromatic N) is 1. The molecule has 0 aliphatic rings. The molecule has 0 fully saturated rings. The van der Waals surface area contributed by atoms with Gasteiger partial charge in [-0.05, 0) is 17.2 Å². The molecule has 0 aliphatic carbocycles. The number of benzene rings is 3. The monoisotopic (exact) mass is 474 g/mol. The lowest BCUT2D eigenvalue weighted by Gasteiger charge is -2.11. The minimum Gasteiger partial charge on any atom is -0.397 e. The second kappa shape index (κ2) is 8.43. The van der Waals surface area contributed by atoms with E-state index in [-0.39, 0.29) is 26.5 Å². The maximum atomic E-state index is 14.0. The van der Waals surface area contributed by atoms with Gasteiger partial charge in [0.05, 0.1) is 16.9 Å². The Morgan fingerprint density at radius 2 is 1.35 bits per heavy atom. The maximum absolute atomic E-state index is 14.0. The summed E-state index contributed by atoms with van der Waals surface area (Å²) in [4.78, 5) is 17.8. The quantitative estimate of drug-likeness (QED) is 0.275. The van der Waals surface area contributed by atoms with Crippen molar-refractivity contribution < 1.29 is 18.0 Å². The Hall–Kier alpha value is -3.97. The molecular weight excluding hydrogens is 457 g/mol. The second-order valence-electron chi connectivity index (χ2n) is 7.72. The summed E-state index contributed by atoms with van der Waals surface area (Å²) in [5.41, 5.74) is 8.02. The van der Waals surface area contributed by atoms with Crippen molar-refractivity contribution in [2.24, 2.45) is 0 Å². The van der Waals surface area contributed by atoms with Gasteiger partial charge in [-0.1, -0.05) is 84.9 Å². The van der Waals surface area contributed by atoms with Crippen LogP contribution in [0.5, 0.6) is 0 Å². The van der Waals surface area contributed by atoms with Crippen LogP contribution in [0.1, 0.15) is 20.8 Å². The number of carbonyl (C=O) groups excluding carboxylic acids is 1. The lowest BCUT2D eigenvalue weighted by Crippen LogP contribution is -2.08. The summed E-state index contributed by atoms with van der Waals surface area (Å²) in [5, 5.41) is -0.235. The highest BCUT2D eigenvalue weighted by atomic mass is 32.1. The molecule has 0 atom stereocenters. The first-order valence-electron chi connectivity index (χ1n) is 10.4. The largest absolute Gasteiger partial charge is 0.417 e. The fourth-order valence-corrected chi connectivity index (χ4v) is 4.93. The van der Waals surface area contributed by atoms with Crippen LogP contribution < -0.4 is 5.73 Å². The van der Waals surface area contributed by atoms with Gasteiger partial charge in [0.1, 0.15) is 9.71 Å². The van der Waals surface area contributed by atoms with E-state index in [9.17, 15) is 18.0 Å². The molecule has 2 heterocycles. The number of alkyl halides is 3. The lowest BCUT2D eigenvalue weighted by atomic mass is 10.0. The molecule has 2 N–H and O–H groups in total. The first-order chi connectivity index (χ1) is 16.3. The fourth-order valence-electron chi connectivity index (χ4n) is 3.85. The van der Waals surface area contributed by atoms with Gasteiger partial charge in [-0.15, -0.1) is 11.3 Å². The third kappa shape index (κ3) is 3.95. The number of aromatic nitrogens is 1. The molecule has 0 saturated carbocycles. The van der Waals surface area contributed by atoms with Gasteiger partial charge in [0, 0.05) is 16.5 Å². The summed E-state index contributed by atoms with van der Waals surface area (Å²) >= 11 is 0.881. The Morgan fingerprint density at radius 1 is 0.794 bits per heavy atom. The average molecular weight is 475 g/mol. The summed E-state index contributed by atoms with van der Waals surface area (Å²) in [6, 6.07) is 26.2. The number of ketones is 1. The highest BCUT2D eigenvalue weighted by Gasteiger charge is 2.36. The number of carbonyl (C=O) groups is 1. The third-order valence-electron chi connectivity index (χ3n) is 5.53. The summed E-state index contributed by atoms with van der Waals surface area (Å²) in [7, 11) is 0. The molecule has 3 nitrogen and oxygen atoms in total. The number of nitrogen functional groups attached to an aromatic ring is 1. The summed E-state index contributed by atoms with van der Waals surface area (Å²) in [6.07, 6.45) is -4.66. The summed E-state index contributed by atoms with van der Waals surface area (Å²) < 4.78 is 41.9. The number of fused-ring (bicyclic) bond motifs is 1. The number of nitrogens with two attached hydrogens (primary N) is 1. The first-order valence-corrected chi connectivity index (χ1v) is 11.2. The number of rotatable bonds is 4. The average Bonchev–Trinajstić information content (AvgIpc) is 3.20. The topological polar surface area (TPSA) is 56.0 Å². The molecule has 3 aromatic carbocycles. The molecule has 5 aromatic rings. The van der Waals surface area contributed by atoms with Gasteiger partial charge >= 0.3 is 6.18 Å². The van der Waals surface area contributed by atoms with Gasteiger partial charge in [-0.2, -0.15) is 13.2 Å². The van der Waals surface area contributed by atoms with E-state index in [0.717, 1.165) is 28.5 Å². The van der Waals surface area contributed by atoms with Gasteiger partial charge in [0.2, 0.25) is 5.78 Å². The molecule has 168 valence electrons. The third-order valence-corrected chi connectivity index (χ3v) is 6.63. The zero-order valence-corrected chi connectivity index (χ0v) is 18.5. The van der Waals surface area contributed by atoms with Gasteiger partial charge in [0.25, 0.3) is 0 Å². The molecule has 0 aliphatic heterocycles. The van der Waals surface area contributed by atoms with Crippen LogP contribution in [0.25, 0.3) is 32.6 Å². The minimum absolute atomic E-state index is 0.0469. The van der Waals surface area contributed by atoms with Crippen molar-refractivity contribution >= 4 is 33.0 Å². The van der Waals surface area contributed by atoms with Crippen molar-refractivity contribution in [1.82, 2.24) is 4.98 Å². The zero-order valence-electron chi connectivity index (χ0n) is 17.6. The molecule has 34 heavy (non-hydrogen) atoms. The molecule has 0 amide bonds. The maximum Gasteiger partial charge on any atom is 0.417 e. The van der Waals surface area contributed by atoms with Crippen molar-refractivity contribution in [1.29, 1.82) is 0 Å². The van der Waals surface area contributed by atoms with Crippen molar-refractivity contribution in [2.75, 3.05) is 5.73 Å². The van der Waals surface area contributed by atoms with Crippen LogP contribution in [-0.4, -0.2) is 10.8 Å². The smallest absolute Gasteiger partial charge is 0.397 e. The Kier molecular flexibility index (Phi) is 5.42. The van der Waals surface area contributed by atoms with Crippen LogP contribution in [0.3, 0.4) is 0 Å². The Labute approximate surface area is 197 Å². The Bertz CT molecular complexity index is 1490. The van der Waals surface area contributed by atoms with Crippen molar-refractivity contribution in [3.8, 4) is 22.4 Å². The van der Waals surface area contributed by atoms with E-state index >= 15 is 0 Å². The highest BCUT2D eigenvalue weighted by molar-refractivity contribution is 7.21. The second-order valence-corrected chi connectivity index (χ2v) is 8.72. The minimum atomic E-state index is -4.66. The zero-order chi connectivity index (χ0) is 23.9. The van der Waals surface area contributed by atoms with E-state index in [4.69, 9.17) is 5.73 Å². The summed E-state index contributed by atoms with van der Waals surface area (Å²) in [5.74, 6) is -0.436. The summed E-state index contributed by atoms with van der Waals surface area (Å²) in [6.45, 7) is 0. The van der Waals surface area contributed by atoms with E-state index in [2.05, 4.69) is 4.98 Å². The van der Waals surface area contributed by atoms with Gasteiger partial charge in [-0.25, -0.2) is 4.98 Å². The predicted octanol–water partition coefficient (Wildman–Crippen LogP) is 7.46. The van der Waals surface area contributed by atoms with Crippen LogP contribution in [0.15, 0.2) is 91.0 Å². The SMILES string of the molecule is Nc1c(C(=O)c2ccc(-c3ccccc3)cc2)sc2nc(-c3ccccc3)cc(C(F)(F)F)c12. The van der Waals surface area contributed by atoms with Crippen molar-refractivity contribution in [3.63, 3.8) is 0 Å². The predicted molar refractivity (Wildman–Crippen MR) is 130 cm³/mol. The number of thiophene rings is 1. The van der Waals surface area contributed by atoms with Crippen LogP contribution in [0.2, 0.25) is 0 Å². The van der Waals surface area contributed by atoms with E-state index in [1.807, 2.05) is 30.3 Å². The molecule has 0 saturated heterocycles. The molecule has 2 aromatic heterocycles. The molecule has 0 spiro atoms. The van der Waals surface area contributed by atoms with Crippen LogP contribution >= 0.6 is 11.3 Å². The molecule has 7 heteroatoms. The Morgan fingerprint density at radius 3 is 1.94 bits per heavy atom. The molecule has 0 radical (unpaired) electrons. The number of pyridine rings is 1. The van der Waals surface area contributed by atoms with E-state index in [0.29, 0.717) is 11.1 Å². The van der Waals surface area contributed by atoms with E-state index in [1.54, 1.807) is 54.6 Å². The number of anilines is 1.